The van der Waals surface area contributed by atoms with Crippen molar-refractivity contribution in [2.24, 2.45) is 11.7 Å². The maximum absolute atomic E-state index is 12.4. The van der Waals surface area contributed by atoms with Crippen LogP contribution >= 0.6 is 0 Å². The minimum atomic E-state index is -0.401. The van der Waals surface area contributed by atoms with Crippen LogP contribution in [0.4, 0.5) is 0 Å². The number of rotatable bonds is 2. The van der Waals surface area contributed by atoms with Crippen molar-refractivity contribution in [3.63, 3.8) is 0 Å². The lowest BCUT2D eigenvalue weighted by Gasteiger charge is -2.30. The first-order valence-electron chi connectivity index (χ1n) is 7.20. The summed E-state index contributed by atoms with van der Waals surface area (Å²) in [5.74, 6) is 0.239. The van der Waals surface area contributed by atoms with Crippen molar-refractivity contribution >= 4 is 16.8 Å². The molecular formula is C16H21N3O. The molecule has 2 heterocycles. The molecule has 0 radical (unpaired) electrons. The number of hydrogen-bond donors (Lipinski definition) is 2. The number of fused-ring (bicyclic) bond motifs is 3. The fraction of sp³-hybridized carbons (Fsp3) is 0.438. The average molecular weight is 271 g/mol. The Bertz CT molecular complexity index is 644. The van der Waals surface area contributed by atoms with Crippen LogP contribution in [0.25, 0.3) is 10.9 Å². The number of aromatic amines is 1. The fourth-order valence-corrected chi connectivity index (χ4v) is 2.85. The molecule has 1 amide bonds. The van der Waals surface area contributed by atoms with Gasteiger partial charge in [-0.05, 0) is 12.0 Å². The summed E-state index contributed by atoms with van der Waals surface area (Å²) in [6.45, 7) is 5.39. The summed E-state index contributed by atoms with van der Waals surface area (Å²) >= 11 is 0. The molecule has 0 unspecified atom stereocenters. The maximum Gasteiger partial charge on any atom is 0.240 e. The van der Waals surface area contributed by atoms with Crippen LogP contribution in [-0.4, -0.2) is 28.4 Å². The summed E-state index contributed by atoms with van der Waals surface area (Å²) in [4.78, 5) is 17.8. The number of para-hydroxylation sites is 1. The molecule has 1 atom stereocenters. The molecule has 4 nitrogen and oxygen atoms in total. The first-order chi connectivity index (χ1) is 9.58. The zero-order chi connectivity index (χ0) is 14.3. The van der Waals surface area contributed by atoms with Gasteiger partial charge in [-0.25, -0.2) is 0 Å². The number of hydrogen-bond acceptors (Lipinski definition) is 2. The molecule has 1 aliphatic heterocycles. The van der Waals surface area contributed by atoms with Crippen molar-refractivity contribution in [2.45, 2.75) is 32.9 Å². The van der Waals surface area contributed by atoms with E-state index in [0.29, 0.717) is 6.54 Å². The number of benzene rings is 1. The minimum absolute atomic E-state index is 0.0657. The topological polar surface area (TPSA) is 62.1 Å². The predicted octanol–water partition coefficient (Wildman–Crippen LogP) is 2.04. The monoisotopic (exact) mass is 271 g/mol. The number of nitrogens with one attached hydrogen (secondary N) is 1. The van der Waals surface area contributed by atoms with Gasteiger partial charge in [0.1, 0.15) is 0 Å². The van der Waals surface area contributed by atoms with Crippen molar-refractivity contribution < 1.29 is 4.79 Å². The molecule has 106 valence electrons. The smallest absolute Gasteiger partial charge is 0.240 e. The first-order valence-corrected chi connectivity index (χ1v) is 7.20. The van der Waals surface area contributed by atoms with Gasteiger partial charge in [0.2, 0.25) is 5.91 Å². The summed E-state index contributed by atoms with van der Waals surface area (Å²) in [6, 6.07) is 7.86. The Morgan fingerprint density at radius 3 is 2.85 bits per heavy atom. The van der Waals surface area contributed by atoms with Gasteiger partial charge in [-0.15, -0.1) is 0 Å². The fourth-order valence-electron chi connectivity index (χ4n) is 2.85. The molecule has 4 heteroatoms. The summed E-state index contributed by atoms with van der Waals surface area (Å²) in [6.07, 6.45) is 0.876. The van der Waals surface area contributed by atoms with E-state index in [0.717, 1.165) is 18.5 Å². The minimum Gasteiger partial charge on any atom is -0.358 e. The lowest BCUT2D eigenvalue weighted by atomic mass is 10.0. The van der Waals surface area contributed by atoms with Crippen molar-refractivity contribution in [3.05, 3.63) is 35.5 Å². The maximum atomic E-state index is 12.4. The molecular weight excluding hydrogens is 250 g/mol. The van der Waals surface area contributed by atoms with E-state index in [1.54, 1.807) is 0 Å². The van der Waals surface area contributed by atoms with Gasteiger partial charge >= 0.3 is 0 Å². The SMILES string of the molecule is CC(C)[C@H](N)C(=O)N1CCc2[nH]c3ccccc3c2C1. The lowest BCUT2D eigenvalue weighted by Crippen LogP contribution is -2.48. The van der Waals surface area contributed by atoms with E-state index in [9.17, 15) is 4.79 Å². The molecule has 0 saturated heterocycles. The first kappa shape index (κ1) is 13.2. The summed E-state index contributed by atoms with van der Waals surface area (Å²) in [5, 5.41) is 1.22. The van der Waals surface area contributed by atoms with Gasteiger partial charge < -0.3 is 15.6 Å². The quantitative estimate of drug-likeness (QED) is 0.878. The van der Waals surface area contributed by atoms with E-state index in [-0.39, 0.29) is 11.8 Å². The average Bonchev–Trinajstić information content (AvgIpc) is 2.83. The van der Waals surface area contributed by atoms with Crippen LogP contribution in [0.2, 0.25) is 0 Å². The highest BCUT2D eigenvalue weighted by atomic mass is 16.2. The molecule has 1 aromatic carbocycles. The van der Waals surface area contributed by atoms with Gasteiger partial charge in [-0.1, -0.05) is 32.0 Å². The van der Waals surface area contributed by atoms with E-state index in [2.05, 4.69) is 17.1 Å². The Morgan fingerprint density at radius 2 is 2.10 bits per heavy atom. The summed E-state index contributed by atoms with van der Waals surface area (Å²) in [7, 11) is 0. The second-order valence-electron chi connectivity index (χ2n) is 5.91. The standard InChI is InChI=1S/C16H21N3O/c1-10(2)15(17)16(20)19-8-7-14-12(9-19)11-5-3-4-6-13(11)18-14/h3-6,10,15,18H,7-9,17H2,1-2H3/t15-/m0/s1. The van der Waals surface area contributed by atoms with Gasteiger partial charge in [0.25, 0.3) is 0 Å². The number of H-pyrrole nitrogens is 1. The third-order valence-corrected chi connectivity index (χ3v) is 4.20. The normalized spacial score (nSPS) is 16.5. The zero-order valence-electron chi connectivity index (χ0n) is 12.0. The summed E-state index contributed by atoms with van der Waals surface area (Å²) in [5.41, 5.74) is 9.66. The molecule has 1 aromatic heterocycles. The molecule has 0 bridgehead atoms. The number of nitrogens with zero attached hydrogens (tertiary/aromatic N) is 1. The van der Waals surface area contributed by atoms with Gasteiger partial charge in [0.15, 0.2) is 0 Å². The highest BCUT2D eigenvalue weighted by molar-refractivity contribution is 5.87. The molecule has 0 saturated carbocycles. The largest absolute Gasteiger partial charge is 0.358 e. The highest BCUT2D eigenvalue weighted by Gasteiger charge is 2.28. The van der Waals surface area contributed by atoms with Crippen LogP contribution in [-0.2, 0) is 17.8 Å². The molecule has 3 rings (SSSR count). The molecule has 0 aliphatic carbocycles. The Morgan fingerprint density at radius 1 is 1.35 bits per heavy atom. The molecule has 0 spiro atoms. The van der Waals surface area contributed by atoms with Crippen LogP contribution in [0.15, 0.2) is 24.3 Å². The van der Waals surface area contributed by atoms with Crippen molar-refractivity contribution in [3.8, 4) is 0 Å². The van der Waals surface area contributed by atoms with Crippen molar-refractivity contribution in [1.29, 1.82) is 0 Å². The Labute approximate surface area is 118 Å². The van der Waals surface area contributed by atoms with Crippen LogP contribution < -0.4 is 5.73 Å². The van der Waals surface area contributed by atoms with Gasteiger partial charge in [0.05, 0.1) is 6.04 Å². The molecule has 20 heavy (non-hydrogen) atoms. The van der Waals surface area contributed by atoms with Gasteiger partial charge in [-0.2, -0.15) is 0 Å². The highest BCUT2D eigenvalue weighted by Crippen LogP contribution is 2.27. The Hall–Kier alpha value is -1.81. The van der Waals surface area contributed by atoms with Crippen LogP contribution in [0, 0.1) is 5.92 Å². The molecule has 1 aliphatic rings. The summed E-state index contributed by atoms with van der Waals surface area (Å²) < 4.78 is 0. The number of carbonyl (C=O) groups excluding carboxylic acids is 1. The third-order valence-electron chi connectivity index (χ3n) is 4.20. The predicted molar refractivity (Wildman–Crippen MR) is 80.2 cm³/mol. The van der Waals surface area contributed by atoms with Gasteiger partial charge in [0, 0.05) is 41.7 Å². The second kappa shape index (κ2) is 4.94. The Kier molecular flexibility index (Phi) is 3.26. The lowest BCUT2D eigenvalue weighted by molar-refractivity contribution is -0.134. The number of aromatic nitrogens is 1. The second-order valence-corrected chi connectivity index (χ2v) is 5.91. The van der Waals surface area contributed by atoms with E-state index >= 15 is 0 Å². The number of amides is 1. The third kappa shape index (κ3) is 2.10. The van der Waals surface area contributed by atoms with E-state index in [4.69, 9.17) is 5.73 Å². The number of carbonyl (C=O) groups is 1. The molecule has 3 N–H and O–H groups in total. The van der Waals surface area contributed by atoms with E-state index < -0.39 is 6.04 Å². The Balaban J connectivity index is 1.90. The van der Waals surface area contributed by atoms with Crippen molar-refractivity contribution in [1.82, 2.24) is 9.88 Å². The van der Waals surface area contributed by atoms with Gasteiger partial charge in [-0.3, -0.25) is 4.79 Å². The molecule has 2 aromatic rings. The van der Waals surface area contributed by atoms with E-state index in [1.165, 1.54) is 16.6 Å². The van der Waals surface area contributed by atoms with Crippen molar-refractivity contribution in [2.75, 3.05) is 6.54 Å². The number of nitrogens with two attached hydrogens (primary N) is 1. The molecule has 0 fully saturated rings. The van der Waals surface area contributed by atoms with E-state index in [1.807, 2.05) is 30.9 Å². The van der Waals surface area contributed by atoms with Crippen LogP contribution in [0.5, 0.6) is 0 Å². The van der Waals surface area contributed by atoms with Crippen LogP contribution in [0.1, 0.15) is 25.1 Å². The zero-order valence-corrected chi connectivity index (χ0v) is 12.0. The van der Waals surface area contributed by atoms with Crippen LogP contribution in [0.3, 0.4) is 0 Å².